The summed E-state index contributed by atoms with van der Waals surface area (Å²) in [6, 6.07) is 0. The van der Waals surface area contributed by atoms with Crippen LogP contribution in [-0.2, 0) is 0 Å². The molecule has 1 fully saturated rings. The first-order valence-electron chi connectivity index (χ1n) is 4.68. The third kappa shape index (κ3) is 4.63. The van der Waals surface area contributed by atoms with E-state index in [0.717, 1.165) is 5.92 Å². The van der Waals surface area contributed by atoms with E-state index in [9.17, 15) is 0 Å². The van der Waals surface area contributed by atoms with Crippen LogP contribution in [0, 0.1) is 5.92 Å². The molecule has 0 unspecified atom stereocenters. The molecule has 1 heterocycles. The second-order valence-corrected chi connectivity index (χ2v) is 6.29. The topological polar surface area (TPSA) is 3.24 Å². The van der Waals surface area contributed by atoms with Gasteiger partial charge in [0.25, 0.3) is 0 Å². The molecule has 0 aliphatic carbocycles. The molecular formula is C9H19NS2. The molecule has 0 N–H and O–H groups in total. The summed E-state index contributed by atoms with van der Waals surface area (Å²) in [5.41, 5.74) is 0. The summed E-state index contributed by atoms with van der Waals surface area (Å²) < 4.78 is 0. The predicted molar refractivity (Wildman–Crippen MR) is 60.8 cm³/mol. The van der Waals surface area contributed by atoms with Crippen LogP contribution in [0.15, 0.2) is 0 Å². The lowest BCUT2D eigenvalue weighted by molar-refractivity contribution is 0.385. The van der Waals surface area contributed by atoms with Gasteiger partial charge >= 0.3 is 0 Å². The van der Waals surface area contributed by atoms with E-state index in [1.54, 1.807) is 0 Å². The fraction of sp³-hybridized carbons (Fsp3) is 1.00. The second kappa shape index (κ2) is 6.17. The molecule has 3 heteroatoms. The van der Waals surface area contributed by atoms with E-state index < -0.39 is 0 Å². The lowest BCUT2D eigenvalue weighted by Gasteiger charge is -2.10. The summed E-state index contributed by atoms with van der Waals surface area (Å²) in [6.07, 6.45) is 4.25. The first-order valence-corrected chi connectivity index (χ1v) is 7.17. The van der Waals surface area contributed by atoms with Crippen LogP contribution in [0.4, 0.5) is 0 Å². The van der Waals surface area contributed by atoms with Gasteiger partial charge in [0.05, 0.1) is 0 Å². The summed E-state index contributed by atoms with van der Waals surface area (Å²) in [7, 11) is 8.41. The summed E-state index contributed by atoms with van der Waals surface area (Å²) in [4.78, 5) is 2.28. The maximum atomic E-state index is 2.28. The molecule has 0 aromatic carbocycles. The Morgan fingerprint density at radius 1 is 1.17 bits per heavy atom. The Bertz CT molecular complexity index is 111. The number of nitrogens with zero attached hydrogens (tertiary/aromatic N) is 1. The summed E-state index contributed by atoms with van der Waals surface area (Å²) in [6.45, 7) is 1.26. The van der Waals surface area contributed by atoms with Gasteiger partial charge in [0.15, 0.2) is 0 Å². The maximum Gasteiger partial charge on any atom is 0.00735 e. The monoisotopic (exact) mass is 205 g/mol. The SMILES string of the molecule is CN(C)CCCCC1CSSC1. The molecule has 0 saturated carbocycles. The molecular weight excluding hydrogens is 186 g/mol. The average molecular weight is 205 g/mol. The largest absolute Gasteiger partial charge is 0.309 e. The maximum absolute atomic E-state index is 2.28. The molecule has 1 nitrogen and oxygen atoms in total. The van der Waals surface area contributed by atoms with Gasteiger partial charge in [0.2, 0.25) is 0 Å². The highest BCUT2D eigenvalue weighted by Gasteiger charge is 2.15. The zero-order valence-electron chi connectivity index (χ0n) is 8.08. The van der Waals surface area contributed by atoms with Crippen LogP contribution >= 0.6 is 21.6 Å². The lowest BCUT2D eigenvalue weighted by Crippen LogP contribution is -2.13. The van der Waals surface area contributed by atoms with E-state index in [0.29, 0.717) is 0 Å². The fourth-order valence-electron chi connectivity index (χ4n) is 1.36. The molecule has 1 saturated heterocycles. The normalized spacial score (nSPS) is 19.2. The van der Waals surface area contributed by atoms with Crippen LogP contribution in [0.2, 0.25) is 0 Å². The fourth-order valence-corrected chi connectivity index (χ4v) is 4.39. The summed E-state index contributed by atoms with van der Waals surface area (Å²) >= 11 is 0. The van der Waals surface area contributed by atoms with Gasteiger partial charge in [-0.3, -0.25) is 0 Å². The molecule has 0 atom stereocenters. The highest BCUT2D eigenvalue weighted by atomic mass is 33.1. The van der Waals surface area contributed by atoms with Gasteiger partial charge in [-0.25, -0.2) is 0 Å². The van der Waals surface area contributed by atoms with E-state index >= 15 is 0 Å². The molecule has 12 heavy (non-hydrogen) atoms. The van der Waals surface area contributed by atoms with Crippen molar-refractivity contribution in [3.05, 3.63) is 0 Å². The lowest BCUT2D eigenvalue weighted by atomic mass is 10.1. The Morgan fingerprint density at radius 3 is 2.42 bits per heavy atom. The molecule has 0 aromatic heterocycles. The van der Waals surface area contributed by atoms with Crippen LogP contribution in [0.1, 0.15) is 19.3 Å². The quantitative estimate of drug-likeness (QED) is 0.502. The number of unbranched alkanes of at least 4 members (excludes halogenated alkanes) is 1. The van der Waals surface area contributed by atoms with Crippen molar-refractivity contribution >= 4 is 21.6 Å². The summed E-state index contributed by atoms with van der Waals surface area (Å²) in [5.74, 6) is 3.81. The van der Waals surface area contributed by atoms with E-state index in [-0.39, 0.29) is 0 Å². The van der Waals surface area contributed by atoms with Crippen molar-refractivity contribution in [1.29, 1.82) is 0 Å². The molecule has 1 aliphatic rings. The minimum Gasteiger partial charge on any atom is -0.309 e. The van der Waals surface area contributed by atoms with Crippen molar-refractivity contribution in [2.75, 3.05) is 32.1 Å². The van der Waals surface area contributed by atoms with Crippen LogP contribution < -0.4 is 0 Å². The molecule has 72 valence electrons. The van der Waals surface area contributed by atoms with Crippen molar-refractivity contribution in [3.8, 4) is 0 Å². The van der Waals surface area contributed by atoms with Crippen LogP contribution in [0.3, 0.4) is 0 Å². The van der Waals surface area contributed by atoms with Gasteiger partial charge in [-0.05, 0) is 39.4 Å². The molecule has 0 spiro atoms. The predicted octanol–water partition coefficient (Wildman–Crippen LogP) is 2.73. The van der Waals surface area contributed by atoms with E-state index in [1.165, 1.54) is 37.3 Å². The second-order valence-electron chi connectivity index (χ2n) is 3.73. The first kappa shape index (κ1) is 10.7. The zero-order valence-corrected chi connectivity index (χ0v) is 9.72. The Labute approximate surface area is 84.1 Å². The Morgan fingerprint density at radius 2 is 1.83 bits per heavy atom. The van der Waals surface area contributed by atoms with Gasteiger partial charge in [0, 0.05) is 11.5 Å². The minimum atomic E-state index is 1.02. The van der Waals surface area contributed by atoms with E-state index in [2.05, 4.69) is 40.6 Å². The van der Waals surface area contributed by atoms with Crippen molar-refractivity contribution in [2.45, 2.75) is 19.3 Å². The number of rotatable bonds is 5. The number of hydrogen-bond acceptors (Lipinski definition) is 3. The molecule has 0 radical (unpaired) electrons. The van der Waals surface area contributed by atoms with Crippen molar-refractivity contribution in [3.63, 3.8) is 0 Å². The standard InChI is InChI=1S/C9H19NS2/c1-10(2)6-4-3-5-9-7-11-12-8-9/h9H,3-8H2,1-2H3. The van der Waals surface area contributed by atoms with Crippen LogP contribution in [-0.4, -0.2) is 37.0 Å². The van der Waals surface area contributed by atoms with Gasteiger partial charge in [-0.15, -0.1) is 0 Å². The zero-order chi connectivity index (χ0) is 8.81. The first-order chi connectivity index (χ1) is 5.79. The molecule has 1 rings (SSSR count). The Kier molecular flexibility index (Phi) is 5.52. The van der Waals surface area contributed by atoms with Crippen LogP contribution in [0.25, 0.3) is 0 Å². The Balaban J connectivity index is 1.88. The Hall–Kier alpha value is 0.660. The van der Waals surface area contributed by atoms with Gasteiger partial charge in [0.1, 0.15) is 0 Å². The highest BCUT2D eigenvalue weighted by molar-refractivity contribution is 8.77. The third-order valence-corrected chi connectivity index (χ3v) is 4.86. The highest BCUT2D eigenvalue weighted by Crippen LogP contribution is 2.36. The molecule has 1 aliphatic heterocycles. The van der Waals surface area contributed by atoms with Crippen molar-refractivity contribution in [2.24, 2.45) is 5.92 Å². The average Bonchev–Trinajstić information content (AvgIpc) is 2.49. The third-order valence-electron chi connectivity index (χ3n) is 2.16. The molecule has 0 bridgehead atoms. The smallest absolute Gasteiger partial charge is 0.00735 e. The van der Waals surface area contributed by atoms with E-state index in [1.807, 2.05) is 0 Å². The van der Waals surface area contributed by atoms with E-state index in [4.69, 9.17) is 0 Å². The van der Waals surface area contributed by atoms with Crippen LogP contribution in [0.5, 0.6) is 0 Å². The molecule has 0 amide bonds. The van der Waals surface area contributed by atoms with Gasteiger partial charge in [-0.1, -0.05) is 28.0 Å². The van der Waals surface area contributed by atoms with Gasteiger partial charge < -0.3 is 4.90 Å². The van der Waals surface area contributed by atoms with Crippen molar-refractivity contribution < 1.29 is 0 Å². The van der Waals surface area contributed by atoms with Gasteiger partial charge in [-0.2, -0.15) is 0 Å². The minimum absolute atomic E-state index is 1.02. The number of hydrogen-bond donors (Lipinski definition) is 0. The summed E-state index contributed by atoms with van der Waals surface area (Å²) in [5, 5.41) is 0. The molecule has 0 aromatic rings. The van der Waals surface area contributed by atoms with Crippen molar-refractivity contribution in [1.82, 2.24) is 4.90 Å².